The molecule has 274 valence electrons. The van der Waals surface area contributed by atoms with Crippen molar-refractivity contribution in [2.45, 2.75) is 75.6 Å². The van der Waals surface area contributed by atoms with Gasteiger partial charge in [-0.1, -0.05) is 23.7 Å². The molecule has 0 radical (unpaired) electrons. The third-order valence-corrected chi connectivity index (χ3v) is 8.59. The summed E-state index contributed by atoms with van der Waals surface area (Å²) in [5, 5.41) is 2.46. The SMILES string of the molecule is CC(C)(C)OC(=O)N(C(=O)OC(C)(C)C)c1ccc(CC(=O)c2cc(NC(=O)[C@H]3[C@H](c4ccc(F)c(C(F)(F)F)c4)C3(Cl)Cl)ccc2Cl)c(F)c1. The van der Waals surface area contributed by atoms with Crippen LogP contribution in [0.3, 0.4) is 0 Å². The van der Waals surface area contributed by atoms with E-state index >= 15 is 4.39 Å². The second kappa shape index (κ2) is 14.2. The maximum atomic E-state index is 15.4. The van der Waals surface area contributed by atoms with Crippen molar-refractivity contribution in [3.05, 3.63) is 93.5 Å². The second-order valence-electron chi connectivity index (χ2n) is 13.7. The van der Waals surface area contributed by atoms with Crippen LogP contribution < -0.4 is 10.2 Å². The number of carbonyl (C=O) groups excluding carboxylic acids is 4. The third-order valence-electron chi connectivity index (χ3n) is 7.32. The lowest BCUT2D eigenvalue weighted by atomic mass is 10.0. The minimum Gasteiger partial charge on any atom is -0.443 e. The molecule has 0 unspecified atom stereocenters. The van der Waals surface area contributed by atoms with Crippen LogP contribution >= 0.6 is 34.8 Å². The van der Waals surface area contributed by atoms with Gasteiger partial charge in [-0.05, 0) is 95.1 Å². The van der Waals surface area contributed by atoms with Crippen molar-refractivity contribution in [1.82, 2.24) is 0 Å². The van der Waals surface area contributed by atoms with Gasteiger partial charge in [0.15, 0.2) is 5.78 Å². The number of nitrogens with zero attached hydrogens (tertiary/aromatic N) is 1. The van der Waals surface area contributed by atoms with Crippen LogP contribution in [0.5, 0.6) is 0 Å². The zero-order valence-electron chi connectivity index (χ0n) is 28.0. The summed E-state index contributed by atoms with van der Waals surface area (Å²) in [6.07, 6.45) is -7.77. The maximum absolute atomic E-state index is 15.4. The molecule has 3 aromatic rings. The van der Waals surface area contributed by atoms with Crippen LogP contribution in [-0.2, 0) is 26.9 Å². The molecular weight excluding hydrogens is 746 g/mol. The molecule has 2 atom stereocenters. The molecule has 16 heteroatoms. The Labute approximate surface area is 305 Å². The van der Waals surface area contributed by atoms with E-state index in [2.05, 4.69) is 5.32 Å². The van der Waals surface area contributed by atoms with Gasteiger partial charge in [0.05, 0.1) is 22.2 Å². The number of hydrogen-bond donors (Lipinski definition) is 1. The Morgan fingerprint density at radius 1 is 0.824 bits per heavy atom. The van der Waals surface area contributed by atoms with Crippen molar-refractivity contribution in [3.8, 4) is 0 Å². The molecule has 1 N–H and O–H groups in total. The second-order valence-corrected chi connectivity index (χ2v) is 15.6. The molecule has 1 saturated carbocycles. The number of carbonyl (C=O) groups is 4. The topological polar surface area (TPSA) is 102 Å². The first kappa shape index (κ1) is 39.8. The summed E-state index contributed by atoms with van der Waals surface area (Å²) in [5.74, 6) is -6.28. The van der Waals surface area contributed by atoms with Crippen molar-refractivity contribution in [2.75, 3.05) is 10.2 Å². The van der Waals surface area contributed by atoms with E-state index in [1.54, 1.807) is 41.5 Å². The Bertz CT molecular complexity index is 1860. The van der Waals surface area contributed by atoms with E-state index in [4.69, 9.17) is 44.3 Å². The first-order valence-electron chi connectivity index (χ1n) is 15.2. The Balaban J connectivity index is 1.52. The number of benzene rings is 3. The average Bonchev–Trinajstić information content (AvgIpc) is 3.54. The molecule has 1 aliphatic carbocycles. The molecule has 3 amide bonds. The van der Waals surface area contributed by atoms with Gasteiger partial charge in [0.25, 0.3) is 0 Å². The predicted molar refractivity (Wildman–Crippen MR) is 182 cm³/mol. The van der Waals surface area contributed by atoms with Crippen molar-refractivity contribution >= 4 is 70.1 Å². The van der Waals surface area contributed by atoms with Crippen LogP contribution in [-0.4, -0.2) is 39.4 Å². The molecule has 1 aliphatic rings. The Kier molecular flexibility index (Phi) is 11.1. The molecule has 1 fully saturated rings. The Hall–Kier alpha value is -3.94. The van der Waals surface area contributed by atoms with E-state index < -0.39 is 81.0 Å². The van der Waals surface area contributed by atoms with Crippen molar-refractivity contribution < 1.29 is 50.6 Å². The quantitative estimate of drug-likeness (QED) is 0.146. The van der Waals surface area contributed by atoms with Gasteiger partial charge in [-0.3, -0.25) is 9.59 Å². The number of halogens is 8. The number of nitrogens with one attached hydrogen (secondary N) is 1. The minimum absolute atomic E-state index is 0.0406. The first-order valence-corrected chi connectivity index (χ1v) is 16.4. The van der Waals surface area contributed by atoms with Gasteiger partial charge in [0, 0.05) is 23.6 Å². The first-order chi connectivity index (χ1) is 23.3. The molecule has 4 rings (SSSR count). The summed E-state index contributed by atoms with van der Waals surface area (Å²) in [6, 6.07) is 9.34. The minimum atomic E-state index is -4.99. The van der Waals surface area contributed by atoms with Gasteiger partial charge in [0.1, 0.15) is 27.2 Å². The number of ether oxygens (including phenoxy) is 2. The smallest absolute Gasteiger partial charge is 0.424 e. The lowest BCUT2D eigenvalue weighted by molar-refractivity contribution is -0.140. The van der Waals surface area contributed by atoms with Crippen LogP contribution in [0.1, 0.15) is 74.5 Å². The number of alkyl halides is 5. The maximum Gasteiger partial charge on any atom is 0.424 e. The fourth-order valence-corrected chi connectivity index (χ4v) is 6.10. The van der Waals surface area contributed by atoms with Gasteiger partial charge in [-0.15, -0.1) is 23.2 Å². The molecular formula is C35H32Cl3F5N2O6. The van der Waals surface area contributed by atoms with Crippen LogP contribution in [0.2, 0.25) is 5.02 Å². The summed E-state index contributed by atoms with van der Waals surface area (Å²) in [7, 11) is 0. The van der Waals surface area contributed by atoms with Gasteiger partial charge >= 0.3 is 18.4 Å². The standard InChI is InChI=1S/C35H32Cl3F5N2O6/c1-32(2,3)50-30(48)45(31(49)51-33(4,5)6)20-10-7-17(25(40)16-20)14-26(46)21-15-19(9-11-23(21)36)44-29(47)28-27(34(28,37)38)18-8-12-24(39)22(13-18)35(41,42)43/h7-13,15-16,27-28H,14H2,1-6H3,(H,44,47)/t27-,28+/m0/s1. The van der Waals surface area contributed by atoms with Crippen molar-refractivity contribution in [2.24, 2.45) is 5.92 Å². The summed E-state index contributed by atoms with van der Waals surface area (Å²) in [5.41, 5.74) is -4.08. The van der Waals surface area contributed by atoms with Crippen LogP contribution in [0.25, 0.3) is 0 Å². The highest BCUT2D eigenvalue weighted by atomic mass is 35.5. The average molecular weight is 778 g/mol. The monoisotopic (exact) mass is 776 g/mol. The fraction of sp³-hybridized carbons (Fsp3) is 0.371. The number of amides is 3. The molecule has 8 nitrogen and oxygen atoms in total. The largest absolute Gasteiger partial charge is 0.443 e. The van der Waals surface area contributed by atoms with Gasteiger partial charge < -0.3 is 14.8 Å². The molecule has 51 heavy (non-hydrogen) atoms. The summed E-state index contributed by atoms with van der Waals surface area (Å²) in [6.45, 7) is 9.47. The molecule has 0 saturated heterocycles. The molecule has 0 aromatic heterocycles. The summed E-state index contributed by atoms with van der Waals surface area (Å²) in [4.78, 5) is 52.9. The number of hydrogen-bond acceptors (Lipinski definition) is 6. The fourth-order valence-electron chi connectivity index (χ4n) is 5.05. The van der Waals surface area contributed by atoms with Gasteiger partial charge in [-0.2, -0.15) is 18.1 Å². The Morgan fingerprint density at radius 3 is 1.94 bits per heavy atom. The van der Waals surface area contributed by atoms with E-state index in [1.807, 2.05) is 0 Å². The van der Waals surface area contributed by atoms with E-state index in [0.29, 0.717) is 17.0 Å². The molecule has 0 aliphatic heterocycles. The number of anilines is 2. The number of imide groups is 1. The van der Waals surface area contributed by atoms with Crippen molar-refractivity contribution in [1.29, 1.82) is 0 Å². The zero-order valence-corrected chi connectivity index (χ0v) is 30.2. The predicted octanol–water partition coefficient (Wildman–Crippen LogP) is 10.3. The van der Waals surface area contributed by atoms with Crippen LogP contribution in [0.4, 0.5) is 42.9 Å². The number of ketones is 1. The molecule has 0 bridgehead atoms. The number of rotatable bonds is 7. The highest BCUT2D eigenvalue weighted by molar-refractivity contribution is 6.53. The summed E-state index contributed by atoms with van der Waals surface area (Å²) >= 11 is 18.8. The van der Waals surface area contributed by atoms with Crippen LogP contribution in [0.15, 0.2) is 54.6 Å². The third kappa shape index (κ3) is 9.49. The van der Waals surface area contributed by atoms with Crippen LogP contribution in [0, 0.1) is 17.6 Å². The Morgan fingerprint density at radius 2 is 1.41 bits per heavy atom. The molecule has 0 heterocycles. The highest BCUT2D eigenvalue weighted by Crippen LogP contribution is 2.65. The van der Waals surface area contributed by atoms with Gasteiger partial charge in [0.2, 0.25) is 5.91 Å². The van der Waals surface area contributed by atoms with E-state index in [-0.39, 0.29) is 33.1 Å². The zero-order chi connectivity index (χ0) is 38.4. The molecule has 0 spiro atoms. The summed E-state index contributed by atoms with van der Waals surface area (Å²) < 4.78 is 77.9. The van der Waals surface area contributed by atoms with Gasteiger partial charge in [-0.25, -0.2) is 18.4 Å². The normalized spacial score (nSPS) is 17.0. The molecule has 3 aromatic carbocycles. The number of Topliss-reactive ketones (excluding diaryl/α,β-unsaturated/α-hetero) is 1. The lowest BCUT2D eigenvalue weighted by Crippen LogP contribution is -2.43. The van der Waals surface area contributed by atoms with E-state index in [9.17, 15) is 36.7 Å². The lowest BCUT2D eigenvalue weighted by Gasteiger charge is -2.28. The highest BCUT2D eigenvalue weighted by Gasteiger charge is 2.67. The van der Waals surface area contributed by atoms with E-state index in [0.717, 1.165) is 12.1 Å². The van der Waals surface area contributed by atoms with Crippen molar-refractivity contribution in [3.63, 3.8) is 0 Å². The van der Waals surface area contributed by atoms with E-state index in [1.165, 1.54) is 30.3 Å².